The van der Waals surface area contributed by atoms with E-state index in [0.717, 1.165) is 82.8 Å². The number of rotatable bonds is 33. The summed E-state index contributed by atoms with van der Waals surface area (Å²) in [6, 6.07) is 45.1. The lowest BCUT2D eigenvalue weighted by molar-refractivity contribution is -0.131. The minimum absolute atomic E-state index is 0.00460. The van der Waals surface area contributed by atoms with E-state index in [1.807, 2.05) is 67.6 Å². The van der Waals surface area contributed by atoms with Gasteiger partial charge in [-0.05, 0) is 213 Å². The smallest absolute Gasteiger partial charge is 0.497 e. The number of amides is 4. The third-order valence-electron chi connectivity index (χ3n) is 22.6. The van der Waals surface area contributed by atoms with Crippen LogP contribution in [0.5, 0.6) is 11.5 Å². The average Bonchev–Trinajstić information content (AvgIpc) is 1.43. The maximum atomic E-state index is 14.8. The number of carbonyl (C=O) groups excluding carboxylic acids is 5. The zero-order valence-corrected chi connectivity index (χ0v) is 61.2. The Kier molecular flexibility index (Phi) is 26.6. The number of hydrogen-bond donors (Lipinski definition) is 5. The highest BCUT2D eigenvalue weighted by Gasteiger charge is 2.59. The molecule has 14 nitrogen and oxygen atoms in total. The molecule has 5 N–H and O–H groups in total. The lowest BCUT2D eigenvalue weighted by Gasteiger charge is -2.58. The van der Waals surface area contributed by atoms with Crippen molar-refractivity contribution in [2.45, 2.75) is 187 Å². The molecule has 16 heteroatoms. The molecule has 0 aromatic heterocycles. The van der Waals surface area contributed by atoms with Crippen molar-refractivity contribution < 1.29 is 42.9 Å². The van der Waals surface area contributed by atoms with E-state index >= 15 is 0 Å². The van der Waals surface area contributed by atoms with Crippen molar-refractivity contribution in [2.24, 2.45) is 46.3 Å². The van der Waals surface area contributed by atoms with Gasteiger partial charge in [0.2, 0.25) is 23.6 Å². The summed E-state index contributed by atoms with van der Waals surface area (Å²) in [5, 5.41) is 16.4. The van der Waals surface area contributed by atoms with E-state index in [2.05, 4.69) is 104 Å². The monoisotopic (exact) mass is 1400 g/mol. The minimum Gasteiger partial charge on any atom is -0.497 e. The standard InChI is InChI=1S/C84H105Cl2N5O9/c1-56(2)18-16-19-58(4)70-40-41-71-69-39-32-64-54-68(45-47-82(64,5)72(69)46-48-83(70,71)6)98-51-17-49-87-77(92)43-44-78(93)90-76(53-60-29-42-73(85)74(86)52-60)80(95)91-75(79(94)89-65-33-27-59(28-34-65)55-99-81(96)100-67-35-25-57(3)26-36-67)24-14-15-50-88-84(61-20-10-8-11-21-61,62-22-12-9-13-23-62)63-30-37-66(97-7)38-31-63/h8-13,20-23,25-38,42,52,56,58,68-72,75-76,88H,14-19,24,39-41,43-51,53-55H2,1-7H3,(H,87,92)(H,89,94)(H,90,93)(H,91,95)/t58-,68+,69+,70-,71+,72+,75+,76+,82+,83-/m1/s1. The summed E-state index contributed by atoms with van der Waals surface area (Å²) in [5.41, 5.74) is 7.34. The predicted octanol–water partition coefficient (Wildman–Crippen LogP) is 17.6. The third-order valence-corrected chi connectivity index (χ3v) is 23.3. The molecule has 4 aliphatic carbocycles. The molecule has 4 amide bonds. The molecule has 534 valence electrons. The Morgan fingerprint density at radius 1 is 0.630 bits per heavy atom. The van der Waals surface area contributed by atoms with Gasteiger partial charge in [-0.15, -0.1) is 0 Å². The second-order valence-electron chi connectivity index (χ2n) is 29.6. The molecule has 0 radical (unpaired) electrons. The number of allylic oxidation sites excluding steroid dienone is 1. The van der Waals surface area contributed by atoms with Gasteiger partial charge in [0, 0.05) is 38.1 Å². The Bertz CT molecular complexity index is 3660. The molecule has 0 spiro atoms. The first-order chi connectivity index (χ1) is 48.2. The van der Waals surface area contributed by atoms with Crippen LogP contribution in [-0.4, -0.2) is 74.8 Å². The van der Waals surface area contributed by atoms with E-state index in [1.54, 1.807) is 67.3 Å². The molecule has 10 rings (SSSR count). The highest BCUT2D eigenvalue weighted by atomic mass is 35.5. The number of halogens is 2. The van der Waals surface area contributed by atoms with Crippen LogP contribution in [0.3, 0.4) is 0 Å². The first-order valence-corrected chi connectivity index (χ1v) is 37.4. The van der Waals surface area contributed by atoms with Crippen LogP contribution in [0.15, 0.2) is 163 Å². The largest absolute Gasteiger partial charge is 0.514 e. The number of unbranched alkanes of at least 4 members (excludes halogenated alkanes) is 1. The van der Waals surface area contributed by atoms with Gasteiger partial charge in [0.15, 0.2) is 0 Å². The molecule has 3 fully saturated rings. The number of ether oxygens (including phenoxy) is 4. The zero-order valence-electron chi connectivity index (χ0n) is 59.7. The van der Waals surface area contributed by atoms with Crippen LogP contribution in [0.25, 0.3) is 0 Å². The first-order valence-electron chi connectivity index (χ1n) is 36.7. The topological polar surface area (TPSA) is 182 Å². The number of nitrogens with one attached hydrogen (secondary N) is 5. The van der Waals surface area contributed by atoms with Gasteiger partial charge < -0.3 is 40.2 Å². The number of anilines is 1. The molecular formula is C84H105Cl2N5O9. The van der Waals surface area contributed by atoms with Crippen LogP contribution >= 0.6 is 23.2 Å². The van der Waals surface area contributed by atoms with Crippen molar-refractivity contribution >= 4 is 58.7 Å². The van der Waals surface area contributed by atoms with Gasteiger partial charge in [-0.25, -0.2) is 4.79 Å². The lowest BCUT2D eigenvalue weighted by atomic mass is 9.47. The molecule has 0 aliphatic heterocycles. The summed E-state index contributed by atoms with van der Waals surface area (Å²) in [4.78, 5) is 69.3. The fraction of sp³-hybridized carbons (Fsp3) is 0.488. The van der Waals surface area contributed by atoms with Crippen molar-refractivity contribution in [2.75, 3.05) is 32.1 Å². The van der Waals surface area contributed by atoms with E-state index in [0.29, 0.717) is 72.0 Å². The van der Waals surface area contributed by atoms with Crippen molar-refractivity contribution in [1.82, 2.24) is 21.3 Å². The maximum absolute atomic E-state index is 14.8. The Morgan fingerprint density at radius 3 is 2.00 bits per heavy atom. The molecule has 0 bridgehead atoms. The van der Waals surface area contributed by atoms with Crippen LogP contribution in [0, 0.1) is 53.3 Å². The van der Waals surface area contributed by atoms with E-state index in [9.17, 15) is 24.0 Å². The van der Waals surface area contributed by atoms with Crippen LogP contribution in [-0.2, 0) is 47.2 Å². The van der Waals surface area contributed by atoms with Gasteiger partial charge in [-0.3, -0.25) is 24.5 Å². The SMILES string of the molecule is COc1ccc(C(NCCCC[C@H](NC(=O)[C@H](Cc2ccc(Cl)c(Cl)c2)NC(=O)CCC(=O)NCCCO[C@H]2CC[C@@]3(C)C(=CC[C@H]4[C@@H]5CC[C@H]([C@H](C)CCCC(C)C)[C@@]5(C)CC[C@@H]43)C2)C(=O)Nc2ccc(COC(=O)Oc3ccc(C)cc3)cc2)(c2ccccc2)c2ccccc2)cc1. The van der Waals surface area contributed by atoms with Gasteiger partial charge in [0.05, 0.1) is 28.8 Å². The minimum atomic E-state index is -1.18. The fourth-order valence-corrected chi connectivity index (χ4v) is 17.5. The number of fused-ring (bicyclic) bond motifs is 5. The normalized spacial score (nSPS) is 21.8. The maximum Gasteiger partial charge on any atom is 0.514 e. The number of benzene rings is 6. The molecule has 6 aromatic carbocycles. The lowest BCUT2D eigenvalue weighted by Crippen LogP contribution is -2.53. The molecule has 10 atom stereocenters. The van der Waals surface area contributed by atoms with Crippen molar-refractivity contribution in [3.05, 3.63) is 207 Å². The predicted molar refractivity (Wildman–Crippen MR) is 398 cm³/mol. The summed E-state index contributed by atoms with van der Waals surface area (Å²) in [5.74, 6) is 4.01. The fourth-order valence-electron chi connectivity index (χ4n) is 17.1. The number of hydrogen-bond acceptors (Lipinski definition) is 10. The molecule has 0 unspecified atom stereocenters. The quantitative estimate of drug-likeness (QED) is 0.00874. The summed E-state index contributed by atoms with van der Waals surface area (Å²) >= 11 is 12.8. The Balaban J connectivity index is 0.747. The van der Waals surface area contributed by atoms with Crippen LogP contribution < -0.4 is 36.1 Å². The van der Waals surface area contributed by atoms with Crippen molar-refractivity contribution in [1.29, 1.82) is 0 Å². The molecule has 3 saturated carbocycles. The summed E-state index contributed by atoms with van der Waals surface area (Å²) in [7, 11) is 1.65. The third kappa shape index (κ3) is 19.2. The number of methoxy groups -OCH3 is 1. The Morgan fingerprint density at radius 2 is 1.31 bits per heavy atom. The van der Waals surface area contributed by atoms with Crippen molar-refractivity contribution in [3.8, 4) is 11.5 Å². The second kappa shape index (κ2) is 35.4. The van der Waals surface area contributed by atoms with E-state index in [1.165, 1.54) is 51.4 Å². The second-order valence-corrected chi connectivity index (χ2v) is 30.5. The zero-order chi connectivity index (χ0) is 70.8. The van der Waals surface area contributed by atoms with Crippen molar-refractivity contribution in [3.63, 3.8) is 0 Å². The van der Waals surface area contributed by atoms with Gasteiger partial charge in [0.25, 0.3) is 0 Å². The molecule has 6 aromatic rings. The highest BCUT2D eigenvalue weighted by Crippen LogP contribution is 2.67. The van der Waals surface area contributed by atoms with Gasteiger partial charge >= 0.3 is 6.16 Å². The Hall–Kier alpha value is -7.49. The molecule has 0 saturated heterocycles. The first kappa shape index (κ1) is 75.2. The molecule has 100 heavy (non-hydrogen) atoms. The summed E-state index contributed by atoms with van der Waals surface area (Å²) in [6.07, 6.45) is 17.6. The highest BCUT2D eigenvalue weighted by molar-refractivity contribution is 6.42. The number of aryl methyl sites for hydroxylation is 1. The Labute approximate surface area is 603 Å². The van der Waals surface area contributed by atoms with Crippen LogP contribution in [0.1, 0.15) is 177 Å². The summed E-state index contributed by atoms with van der Waals surface area (Å²) < 4.78 is 22.8. The van der Waals surface area contributed by atoms with Gasteiger partial charge in [-0.1, -0.05) is 197 Å². The van der Waals surface area contributed by atoms with Crippen LogP contribution in [0.2, 0.25) is 10.0 Å². The number of carbonyl (C=O) groups is 5. The van der Waals surface area contributed by atoms with E-state index in [-0.39, 0.29) is 54.7 Å². The summed E-state index contributed by atoms with van der Waals surface area (Å²) in [6.45, 7) is 15.8. The molecular weight excluding hydrogens is 1290 g/mol. The average molecular weight is 1400 g/mol. The molecule has 4 aliphatic rings. The van der Waals surface area contributed by atoms with E-state index in [4.69, 9.17) is 42.1 Å². The van der Waals surface area contributed by atoms with Crippen LogP contribution in [0.4, 0.5) is 10.5 Å². The van der Waals surface area contributed by atoms with E-state index < -0.39 is 41.5 Å². The van der Waals surface area contributed by atoms with Gasteiger partial charge in [0.1, 0.15) is 30.2 Å². The molecule has 0 heterocycles. The van der Waals surface area contributed by atoms with Gasteiger partial charge in [-0.2, -0.15) is 0 Å².